The van der Waals surface area contributed by atoms with E-state index >= 15 is 0 Å². The van der Waals surface area contributed by atoms with Gasteiger partial charge in [-0.05, 0) is 36.8 Å². The van der Waals surface area contributed by atoms with Gasteiger partial charge in [0.2, 0.25) is 0 Å². The van der Waals surface area contributed by atoms with Crippen LogP contribution in [0.1, 0.15) is 28.9 Å². The van der Waals surface area contributed by atoms with Crippen molar-refractivity contribution >= 4 is 17.5 Å². The van der Waals surface area contributed by atoms with Gasteiger partial charge in [0.15, 0.2) is 0 Å². The summed E-state index contributed by atoms with van der Waals surface area (Å²) in [5.41, 5.74) is 1.63. The van der Waals surface area contributed by atoms with Crippen LogP contribution in [-0.2, 0) is 9.47 Å². The molecular weight excluding hydrogens is 404 g/mol. The molecule has 1 aliphatic heterocycles. The van der Waals surface area contributed by atoms with Crippen LogP contribution in [0.25, 0.3) is 0 Å². The smallest absolute Gasteiger partial charge is 0.255 e. The molecule has 1 atom stereocenters. The maximum absolute atomic E-state index is 12.9. The SMILES string of the molecule is CCOCCOc1ccccc1C(=O)NCC(c1ccc(Cl)cc1)N1CCOCC1. The summed E-state index contributed by atoms with van der Waals surface area (Å²) in [4.78, 5) is 15.3. The van der Waals surface area contributed by atoms with Crippen LogP contribution in [0.2, 0.25) is 5.02 Å². The van der Waals surface area contributed by atoms with E-state index in [0.717, 1.165) is 18.7 Å². The van der Waals surface area contributed by atoms with Gasteiger partial charge in [-0.25, -0.2) is 0 Å². The van der Waals surface area contributed by atoms with Gasteiger partial charge in [0.25, 0.3) is 5.91 Å². The first-order valence-electron chi connectivity index (χ1n) is 10.3. The van der Waals surface area contributed by atoms with E-state index in [-0.39, 0.29) is 11.9 Å². The summed E-state index contributed by atoms with van der Waals surface area (Å²) in [6, 6.07) is 15.1. The highest BCUT2D eigenvalue weighted by Gasteiger charge is 2.24. The van der Waals surface area contributed by atoms with Gasteiger partial charge in [-0.1, -0.05) is 35.9 Å². The highest BCUT2D eigenvalue weighted by Crippen LogP contribution is 2.24. The molecule has 1 aliphatic rings. The Morgan fingerprint density at radius 3 is 2.60 bits per heavy atom. The second-order valence-electron chi connectivity index (χ2n) is 6.97. The number of amides is 1. The number of hydrogen-bond donors (Lipinski definition) is 1. The maximum Gasteiger partial charge on any atom is 0.255 e. The molecule has 3 rings (SSSR count). The van der Waals surface area contributed by atoms with E-state index in [0.29, 0.717) is 55.9 Å². The van der Waals surface area contributed by atoms with E-state index in [1.54, 1.807) is 12.1 Å². The van der Waals surface area contributed by atoms with Crippen molar-refractivity contribution in [1.29, 1.82) is 0 Å². The van der Waals surface area contributed by atoms with Gasteiger partial charge in [0.1, 0.15) is 12.4 Å². The molecule has 162 valence electrons. The van der Waals surface area contributed by atoms with Gasteiger partial charge in [-0.3, -0.25) is 9.69 Å². The van der Waals surface area contributed by atoms with Crippen LogP contribution in [0.15, 0.2) is 48.5 Å². The van der Waals surface area contributed by atoms with Crippen LogP contribution in [0.3, 0.4) is 0 Å². The zero-order valence-electron chi connectivity index (χ0n) is 17.3. The highest BCUT2D eigenvalue weighted by molar-refractivity contribution is 6.30. The Kier molecular flexibility index (Phi) is 8.96. The van der Waals surface area contributed by atoms with Gasteiger partial charge >= 0.3 is 0 Å². The highest BCUT2D eigenvalue weighted by atomic mass is 35.5. The Balaban J connectivity index is 1.67. The summed E-state index contributed by atoms with van der Waals surface area (Å²) < 4.78 is 16.6. The molecule has 0 bridgehead atoms. The van der Waals surface area contributed by atoms with Gasteiger partial charge in [0.05, 0.1) is 31.4 Å². The summed E-state index contributed by atoms with van der Waals surface area (Å²) in [5.74, 6) is 0.401. The summed E-state index contributed by atoms with van der Waals surface area (Å²) in [5, 5.41) is 3.78. The zero-order chi connectivity index (χ0) is 21.2. The minimum Gasteiger partial charge on any atom is -0.490 e. The van der Waals surface area contributed by atoms with Crippen molar-refractivity contribution in [2.24, 2.45) is 0 Å². The summed E-state index contributed by atoms with van der Waals surface area (Å²) >= 11 is 6.06. The predicted molar refractivity (Wildman–Crippen MR) is 117 cm³/mol. The Morgan fingerprint density at radius 2 is 1.87 bits per heavy atom. The number of nitrogens with one attached hydrogen (secondary N) is 1. The van der Waals surface area contributed by atoms with Gasteiger partial charge in [-0.2, -0.15) is 0 Å². The minimum atomic E-state index is -0.158. The number of carbonyl (C=O) groups excluding carboxylic acids is 1. The first kappa shape index (κ1) is 22.6. The van der Waals surface area contributed by atoms with E-state index in [2.05, 4.69) is 10.2 Å². The summed E-state index contributed by atoms with van der Waals surface area (Å²) in [7, 11) is 0. The normalized spacial score (nSPS) is 15.5. The third kappa shape index (κ3) is 6.44. The van der Waals surface area contributed by atoms with Crippen LogP contribution in [0.4, 0.5) is 0 Å². The molecule has 0 aromatic heterocycles. The van der Waals surface area contributed by atoms with Crippen LogP contribution < -0.4 is 10.1 Å². The standard InChI is InChI=1S/C23H29ClN2O4/c1-2-28-15-16-30-22-6-4-3-5-20(22)23(27)25-17-21(26-11-13-29-14-12-26)18-7-9-19(24)10-8-18/h3-10,21H,2,11-17H2,1H3,(H,25,27). The molecule has 1 unspecified atom stereocenters. The fourth-order valence-electron chi connectivity index (χ4n) is 3.45. The second kappa shape index (κ2) is 11.9. The summed E-state index contributed by atoms with van der Waals surface area (Å²) in [6.45, 7) is 6.96. The van der Waals surface area contributed by atoms with Crippen molar-refractivity contribution in [1.82, 2.24) is 10.2 Å². The van der Waals surface area contributed by atoms with Crippen molar-refractivity contribution in [2.45, 2.75) is 13.0 Å². The lowest BCUT2D eigenvalue weighted by atomic mass is 10.0. The largest absolute Gasteiger partial charge is 0.490 e. The third-order valence-corrected chi connectivity index (χ3v) is 5.27. The number of ether oxygens (including phenoxy) is 3. The molecule has 1 N–H and O–H groups in total. The van der Waals surface area contributed by atoms with Gasteiger partial charge in [-0.15, -0.1) is 0 Å². The minimum absolute atomic E-state index is 0.0427. The fraction of sp³-hybridized carbons (Fsp3) is 0.435. The van der Waals surface area contributed by atoms with Crippen LogP contribution in [0, 0.1) is 0 Å². The molecular formula is C23H29ClN2O4. The van der Waals surface area contributed by atoms with Gasteiger partial charge in [0, 0.05) is 31.3 Å². The first-order chi connectivity index (χ1) is 14.7. The number of rotatable bonds is 10. The van der Waals surface area contributed by atoms with E-state index < -0.39 is 0 Å². The van der Waals surface area contributed by atoms with Crippen molar-refractivity contribution in [3.63, 3.8) is 0 Å². The Labute approximate surface area is 183 Å². The molecule has 2 aromatic rings. The molecule has 0 saturated carbocycles. The molecule has 30 heavy (non-hydrogen) atoms. The van der Waals surface area contributed by atoms with Crippen molar-refractivity contribution in [3.8, 4) is 5.75 Å². The fourth-order valence-corrected chi connectivity index (χ4v) is 3.58. The Morgan fingerprint density at radius 1 is 1.13 bits per heavy atom. The molecule has 0 radical (unpaired) electrons. The average Bonchev–Trinajstić information content (AvgIpc) is 2.79. The van der Waals surface area contributed by atoms with Crippen LogP contribution in [-0.4, -0.2) is 63.5 Å². The number of benzene rings is 2. The average molecular weight is 433 g/mol. The lowest BCUT2D eigenvalue weighted by Crippen LogP contribution is -2.43. The third-order valence-electron chi connectivity index (χ3n) is 5.02. The molecule has 1 heterocycles. The molecule has 0 spiro atoms. The maximum atomic E-state index is 12.9. The molecule has 7 heteroatoms. The van der Waals surface area contributed by atoms with E-state index in [9.17, 15) is 4.79 Å². The Hall–Kier alpha value is -2.12. The molecule has 6 nitrogen and oxygen atoms in total. The molecule has 1 fully saturated rings. The quantitative estimate of drug-likeness (QED) is 0.582. The van der Waals surface area contributed by atoms with Crippen LogP contribution >= 0.6 is 11.6 Å². The van der Waals surface area contributed by atoms with Crippen molar-refractivity contribution in [3.05, 3.63) is 64.7 Å². The molecule has 0 aliphatic carbocycles. The number of carbonyl (C=O) groups is 1. The Bertz CT molecular complexity index is 794. The lowest BCUT2D eigenvalue weighted by Gasteiger charge is -2.35. The number of para-hydroxylation sites is 1. The number of hydrogen-bond acceptors (Lipinski definition) is 5. The van der Waals surface area contributed by atoms with E-state index in [1.807, 2.05) is 43.3 Å². The zero-order valence-corrected chi connectivity index (χ0v) is 18.1. The number of nitrogens with zero attached hydrogens (tertiary/aromatic N) is 1. The van der Waals surface area contributed by atoms with Crippen molar-refractivity contribution in [2.75, 3.05) is 52.7 Å². The lowest BCUT2D eigenvalue weighted by molar-refractivity contribution is 0.0162. The van der Waals surface area contributed by atoms with Gasteiger partial charge < -0.3 is 19.5 Å². The summed E-state index contributed by atoms with van der Waals surface area (Å²) in [6.07, 6.45) is 0. The second-order valence-corrected chi connectivity index (χ2v) is 7.40. The van der Waals surface area contributed by atoms with E-state index in [4.69, 9.17) is 25.8 Å². The predicted octanol–water partition coefficient (Wildman–Crippen LogP) is 3.56. The topological polar surface area (TPSA) is 60.0 Å². The molecule has 2 aromatic carbocycles. The molecule has 1 amide bonds. The van der Waals surface area contributed by atoms with Crippen molar-refractivity contribution < 1.29 is 19.0 Å². The number of morpholine rings is 1. The van der Waals surface area contributed by atoms with Crippen LogP contribution in [0.5, 0.6) is 5.75 Å². The number of halogens is 1. The first-order valence-corrected chi connectivity index (χ1v) is 10.7. The molecule has 1 saturated heterocycles. The monoisotopic (exact) mass is 432 g/mol. The van der Waals surface area contributed by atoms with E-state index in [1.165, 1.54) is 0 Å².